The highest BCUT2D eigenvalue weighted by Crippen LogP contribution is 2.38. The molecule has 4 aromatic carbocycles. The van der Waals surface area contributed by atoms with E-state index in [4.69, 9.17) is 0 Å². The van der Waals surface area contributed by atoms with Gasteiger partial charge in [-0.3, -0.25) is 19.6 Å². The highest BCUT2D eigenvalue weighted by atomic mass is 32.1. The van der Waals surface area contributed by atoms with Crippen molar-refractivity contribution < 1.29 is 0 Å². The van der Waals surface area contributed by atoms with E-state index in [1.165, 1.54) is 81.3 Å². The van der Waals surface area contributed by atoms with Crippen LogP contribution < -0.4 is 0 Å². The van der Waals surface area contributed by atoms with Crippen LogP contribution in [0.2, 0.25) is 0 Å². The molecule has 4 aliphatic heterocycles. The Morgan fingerprint density at radius 1 is 0.348 bits per heavy atom. The molecule has 66 heavy (non-hydrogen) atoms. The summed E-state index contributed by atoms with van der Waals surface area (Å²) < 4.78 is 2.90. The van der Waals surface area contributed by atoms with E-state index in [0.717, 1.165) is 32.7 Å². The molecule has 0 unspecified atom stereocenters. The lowest BCUT2D eigenvalue weighted by Gasteiger charge is -2.39. The van der Waals surface area contributed by atoms with Gasteiger partial charge in [-0.1, -0.05) is 120 Å². The third-order valence-electron chi connectivity index (χ3n) is 13.3. The van der Waals surface area contributed by atoms with Crippen LogP contribution in [0, 0.1) is 0 Å². The number of rotatable bonds is 0. The summed E-state index contributed by atoms with van der Waals surface area (Å²) in [4.78, 5) is 13.4. The number of hydrogen-bond acceptors (Lipinski definition) is 6. The van der Waals surface area contributed by atoms with Gasteiger partial charge in [-0.15, -0.1) is 22.7 Å². The maximum absolute atomic E-state index is 2.59. The van der Waals surface area contributed by atoms with Gasteiger partial charge in [-0.2, -0.15) is 0 Å². The quantitative estimate of drug-likeness (QED) is 0.150. The van der Waals surface area contributed by atoms with Crippen LogP contribution in [0.3, 0.4) is 0 Å². The molecule has 0 saturated heterocycles. The van der Waals surface area contributed by atoms with E-state index in [1.807, 2.05) is 50.4 Å². The fourth-order valence-electron chi connectivity index (χ4n) is 9.10. The van der Waals surface area contributed by atoms with Crippen LogP contribution in [0.25, 0.3) is 20.2 Å². The summed E-state index contributed by atoms with van der Waals surface area (Å²) in [6.45, 7) is 44.7. The Hall–Kier alpha value is -3.36. The predicted molar refractivity (Wildman–Crippen MR) is 297 cm³/mol. The lowest BCUT2D eigenvalue weighted by Crippen LogP contribution is -2.44. The van der Waals surface area contributed by atoms with Gasteiger partial charge in [0.1, 0.15) is 0 Å². The molecule has 0 N–H and O–H groups in total. The van der Waals surface area contributed by atoms with Crippen molar-refractivity contribution in [1.82, 2.24) is 19.6 Å². The van der Waals surface area contributed by atoms with Crippen LogP contribution in [0.5, 0.6) is 0 Å². The minimum absolute atomic E-state index is 0. The van der Waals surface area contributed by atoms with E-state index in [9.17, 15) is 0 Å². The minimum Gasteiger partial charge on any atom is -0.294 e. The Kier molecular flexibility index (Phi) is 19.9. The Labute approximate surface area is 412 Å². The molecule has 0 aliphatic carbocycles. The lowest BCUT2D eigenvalue weighted by molar-refractivity contribution is 0.121. The van der Waals surface area contributed by atoms with Crippen LogP contribution in [0.15, 0.2) is 97.1 Å². The molecule has 6 heterocycles. The average Bonchev–Trinajstić information content (AvgIpc) is 4.01. The summed E-state index contributed by atoms with van der Waals surface area (Å²) in [5, 5.41) is 2.96. The molecule has 2 aromatic heterocycles. The number of thiophene rings is 2. The molecule has 4 aliphatic rings. The van der Waals surface area contributed by atoms with Crippen molar-refractivity contribution in [1.29, 1.82) is 0 Å². The largest absolute Gasteiger partial charge is 0.294 e. The maximum Gasteiger partial charge on any atom is 0.0349 e. The highest BCUT2D eigenvalue weighted by molar-refractivity contribution is 7.19. The monoisotopic (exact) mass is 931 g/mol. The van der Waals surface area contributed by atoms with Crippen LogP contribution in [-0.2, 0) is 52.0 Å². The van der Waals surface area contributed by atoms with Crippen LogP contribution >= 0.6 is 22.7 Å². The first kappa shape index (κ1) is 55.2. The van der Waals surface area contributed by atoms with Crippen molar-refractivity contribution >= 4 is 42.8 Å². The second kappa shape index (κ2) is 23.8. The van der Waals surface area contributed by atoms with Gasteiger partial charge in [0.05, 0.1) is 0 Å². The number of nitrogens with zero attached hydrogens (tertiary/aromatic N) is 4. The normalized spacial score (nSPS) is 16.4. The first-order valence-corrected chi connectivity index (χ1v) is 26.5. The molecule has 4 nitrogen and oxygen atoms in total. The van der Waals surface area contributed by atoms with Crippen molar-refractivity contribution in [2.45, 2.75) is 192 Å². The van der Waals surface area contributed by atoms with Gasteiger partial charge in [-0.05, 0) is 159 Å². The Morgan fingerprint density at radius 2 is 0.697 bits per heavy atom. The molecule has 0 fully saturated rings. The van der Waals surface area contributed by atoms with Gasteiger partial charge in [0, 0.05) is 93.7 Å². The number of fused-ring (bicyclic) bond motifs is 8. The van der Waals surface area contributed by atoms with Gasteiger partial charge in [0.25, 0.3) is 0 Å². The zero-order chi connectivity index (χ0) is 47.7. The molecule has 0 bridgehead atoms. The van der Waals surface area contributed by atoms with Crippen LogP contribution in [-0.4, -0.2) is 61.4 Å². The van der Waals surface area contributed by atoms with Crippen molar-refractivity contribution in [2.24, 2.45) is 0 Å². The Bertz CT molecular complexity index is 2360. The SMILES string of the molecule is C.CC.CC.CC(C)(C)N1CCc2c(sc3ccccc23)C1.CC(C)(C)N1CCc2ccccc2C1.CC(C)(C)N1CCc2sc3ccccc3c2C1.CC(C)(C)N1Cc2ccccc2C1. The molecular formula is C60H90N4S2. The summed E-state index contributed by atoms with van der Waals surface area (Å²) in [5.74, 6) is 0. The lowest BCUT2D eigenvalue weighted by atomic mass is 9.95. The minimum atomic E-state index is 0. The second-order valence-electron chi connectivity index (χ2n) is 21.6. The van der Waals surface area contributed by atoms with E-state index >= 15 is 0 Å². The van der Waals surface area contributed by atoms with Gasteiger partial charge < -0.3 is 0 Å². The van der Waals surface area contributed by atoms with E-state index < -0.39 is 0 Å². The van der Waals surface area contributed by atoms with Gasteiger partial charge in [-0.25, -0.2) is 0 Å². The molecular weight excluding hydrogens is 841 g/mol. The highest BCUT2D eigenvalue weighted by Gasteiger charge is 2.30. The predicted octanol–water partition coefficient (Wildman–Crippen LogP) is 16.4. The smallest absolute Gasteiger partial charge is 0.0349 e. The summed E-state index contributed by atoms with van der Waals surface area (Å²) in [5.41, 5.74) is 10.4. The zero-order valence-electron chi connectivity index (χ0n) is 43.6. The summed E-state index contributed by atoms with van der Waals surface area (Å²) >= 11 is 3.96. The third kappa shape index (κ3) is 14.1. The van der Waals surface area contributed by atoms with Crippen molar-refractivity contribution in [3.63, 3.8) is 0 Å². The van der Waals surface area contributed by atoms with Crippen molar-refractivity contribution in [3.8, 4) is 0 Å². The summed E-state index contributed by atoms with van der Waals surface area (Å²) in [7, 11) is 0. The van der Waals surface area contributed by atoms with Crippen molar-refractivity contribution in [3.05, 3.63) is 140 Å². The topological polar surface area (TPSA) is 13.0 Å². The molecule has 10 rings (SSSR count). The summed E-state index contributed by atoms with van der Waals surface area (Å²) in [6.07, 6.45) is 3.62. The molecule has 0 radical (unpaired) electrons. The van der Waals surface area contributed by atoms with Gasteiger partial charge >= 0.3 is 0 Å². The third-order valence-corrected chi connectivity index (χ3v) is 15.7. The Balaban J connectivity index is 0.000000188. The second-order valence-corrected chi connectivity index (χ2v) is 23.9. The van der Waals surface area contributed by atoms with E-state index in [2.05, 4.69) is 200 Å². The first-order valence-electron chi connectivity index (χ1n) is 24.9. The zero-order valence-corrected chi connectivity index (χ0v) is 45.3. The first-order chi connectivity index (χ1) is 30.8. The molecule has 0 atom stereocenters. The van der Waals surface area contributed by atoms with E-state index in [-0.39, 0.29) is 18.5 Å². The number of benzene rings is 4. The average molecular weight is 932 g/mol. The molecule has 362 valence electrons. The number of hydrogen-bond donors (Lipinski definition) is 0. The fraction of sp³-hybridized carbons (Fsp3) is 0.533. The standard InChI is InChI=1S/2C15H19NS.C13H19N.C12H17N.2C2H6.CH4/c1-15(2,3)16-9-8-14-12(10-16)11-6-4-5-7-13(11)17-14;1-15(2,3)16-9-8-12-11-6-4-5-7-13(11)17-14(12)10-16;1-13(2,3)14-9-8-11-6-4-5-7-12(11)10-14;1-12(2,3)13-8-10-6-4-5-7-11(10)9-13;2*1-2;/h2*4-7H,8-10H2,1-3H3;4-7H,8-10H2,1-3H3;4-7H,8-9H2,1-3H3;2*1-2H3;1H4. The maximum atomic E-state index is 2.59. The Morgan fingerprint density at radius 3 is 1.20 bits per heavy atom. The van der Waals surface area contributed by atoms with E-state index in [1.54, 1.807) is 20.9 Å². The van der Waals surface area contributed by atoms with Gasteiger partial charge in [0.2, 0.25) is 0 Å². The van der Waals surface area contributed by atoms with E-state index in [0.29, 0.717) is 11.1 Å². The van der Waals surface area contributed by atoms with Crippen molar-refractivity contribution in [2.75, 3.05) is 19.6 Å². The summed E-state index contributed by atoms with van der Waals surface area (Å²) in [6, 6.07) is 35.2. The molecule has 6 aromatic rings. The van der Waals surface area contributed by atoms with Crippen LogP contribution in [0.1, 0.15) is 161 Å². The molecule has 0 amide bonds. The fourth-order valence-corrected chi connectivity index (χ4v) is 11.6. The molecule has 0 spiro atoms. The van der Waals surface area contributed by atoms with Gasteiger partial charge in [0.15, 0.2) is 0 Å². The molecule has 0 saturated carbocycles. The van der Waals surface area contributed by atoms with Crippen LogP contribution in [0.4, 0.5) is 0 Å². The molecule has 6 heteroatoms.